The van der Waals surface area contributed by atoms with Gasteiger partial charge in [0.15, 0.2) is 5.82 Å². The van der Waals surface area contributed by atoms with Gasteiger partial charge in [-0.25, -0.2) is 9.48 Å². The first kappa shape index (κ1) is 18.3. The minimum Gasteiger partial charge on any atom is -0.497 e. The first-order chi connectivity index (χ1) is 13.0. The number of urea groups is 1. The number of rotatable bonds is 6. The zero-order valence-corrected chi connectivity index (χ0v) is 15.6. The third-order valence-electron chi connectivity index (χ3n) is 3.92. The smallest absolute Gasteiger partial charge is 0.321 e. The molecule has 0 saturated carbocycles. The molecule has 0 bridgehead atoms. The summed E-state index contributed by atoms with van der Waals surface area (Å²) < 4.78 is 8.70. The Morgan fingerprint density at radius 1 is 1.26 bits per heavy atom. The zero-order chi connectivity index (χ0) is 19.4. The molecule has 0 aliphatic carbocycles. The van der Waals surface area contributed by atoms with Crippen molar-refractivity contribution in [1.29, 1.82) is 0 Å². The Bertz CT molecular complexity index is 905. The van der Waals surface area contributed by atoms with Crippen molar-refractivity contribution in [2.45, 2.75) is 26.4 Å². The molecule has 0 aliphatic rings. The van der Waals surface area contributed by atoms with Crippen molar-refractivity contribution in [3.8, 4) is 11.4 Å². The van der Waals surface area contributed by atoms with E-state index in [2.05, 4.69) is 31.0 Å². The van der Waals surface area contributed by atoms with E-state index in [0.29, 0.717) is 29.5 Å². The maximum Gasteiger partial charge on any atom is 0.321 e. The Labute approximate surface area is 155 Å². The molecular weight excluding hydrogens is 350 g/mol. The van der Waals surface area contributed by atoms with Crippen LogP contribution in [0.4, 0.5) is 10.5 Å². The molecule has 1 aromatic carbocycles. The topological polar surface area (TPSA) is 116 Å². The Hall–Kier alpha value is -3.50. The molecule has 3 aromatic rings. The molecule has 0 atom stereocenters. The molecule has 11 heteroatoms. The minimum absolute atomic E-state index is 0.212. The second kappa shape index (κ2) is 7.81. The van der Waals surface area contributed by atoms with Gasteiger partial charge in [0.05, 0.1) is 19.3 Å². The summed E-state index contributed by atoms with van der Waals surface area (Å²) in [4.78, 5) is 14.1. The lowest BCUT2D eigenvalue weighted by Crippen LogP contribution is -2.32. The molecule has 2 heterocycles. The maximum absolute atomic E-state index is 12.6. The van der Waals surface area contributed by atoms with E-state index in [-0.39, 0.29) is 12.1 Å². The highest BCUT2D eigenvalue weighted by molar-refractivity contribution is 5.89. The van der Waals surface area contributed by atoms with Crippen molar-refractivity contribution in [1.82, 2.24) is 39.9 Å². The number of benzene rings is 1. The molecular formula is C16H21N9O2. The number of hydrogen-bond donors (Lipinski definition) is 1. The number of ether oxygens (including phenoxy) is 1. The normalized spacial score (nSPS) is 10.9. The summed E-state index contributed by atoms with van der Waals surface area (Å²) in [5.41, 5.74) is 1.22. The first-order valence-corrected chi connectivity index (χ1v) is 8.31. The van der Waals surface area contributed by atoms with E-state index in [1.807, 2.05) is 18.4 Å². The number of methoxy groups -OCH3 is 1. The summed E-state index contributed by atoms with van der Waals surface area (Å²) in [5.74, 6) is 1.28. The molecule has 0 saturated heterocycles. The lowest BCUT2D eigenvalue weighted by molar-refractivity contribution is 0.218. The van der Waals surface area contributed by atoms with E-state index in [9.17, 15) is 4.79 Å². The third kappa shape index (κ3) is 4.19. The van der Waals surface area contributed by atoms with Crippen LogP contribution in [0, 0.1) is 0 Å². The number of carbonyl (C=O) groups excluding carboxylic acids is 1. The van der Waals surface area contributed by atoms with E-state index < -0.39 is 0 Å². The Kier molecular flexibility index (Phi) is 5.29. The van der Waals surface area contributed by atoms with Gasteiger partial charge in [-0.3, -0.25) is 0 Å². The molecule has 142 valence electrons. The molecule has 27 heavy (non-hydrogen) atoms. The van der Waals surface area contributed by atoms with Crippen molar-refractivity contribution in [2.24, 2.45) is 0 Å². The fraction of sp³-hybridized carbons (Fsp3) is 0.375. The largest absolute Gasteiger partial charge is 0.497 e. The highest BCUT2D eigenvalue weighted by atomic mass is 16.5. The molecule has 2 aromatic heterocycles. The Balaban J connectivity index is 1.75. The third-order valence-corrected chi connectivity index (χ3v) is 3.92. The number of aromatic nitrogens is 7. The molecule has 0 unspecified atom stereocenters. The highest BCUT2D eigenvalue weighted by Gasteiger charge is 2.15. The van der Waals surface area contributed by atoms with Crippen LogP contribution in [-0.4, -0.2) is 60.1 Å². The molecule has 1 N–H and O–H groups in total. The number of carbonyl (C=O) groups is 1. The average Bonchev–Trinajstić information content (AvgIpc) is 3.33. The van der Waals surface area contributed by atoms with Crippen LogP contribution in [0.2, 0.25) is 0 Å². The van der Waals surface area contributed by atoms with Gasteiger partial charge in [0.2, 0.25) is 0 Å². The highest BCUT2D eigenvalue weighted by Crippen LogP contribution is 2.23. The zero-order valence-electron chi connectivity index (χ0n) is 15.6. The Morgan fingerprint density at radius 3 is 2.74 bits per heavy atom. The van der Waals surface area contributed by atoms with Gasteiger partial charge < -0.3 is 19.5 Å². The molecule has 2 amide bonds. The fourth-order valence-electron chi connectivity index (χ4n) is 2.50. The van der Waals surface area contributed by atoms with Crippen molar-refractivity contribution in [2.75, 3.05) is 19.5 Å². The minimum atomic E-state index is -0.288. The van der Waals surface area contributed by atoms with Gasteiger partial charge >= 0.3 is 6.03 Å². The van der Waals surface area contributed by atoms with E-state index >= 15 is 0 Å². The molecule has 0 aliphatic heterocycles. The van der Waals surface area contributed by atoms with Crippen molar-refractivity contribution in [3.63, 3.8) is 0 Å². The predicted molar refractivity (Wildman–Crippen MR) is 96.6 cm³/mol. The van der Waals surface area contributed by atoms with E-state index in [4.69, 9.17) is 4.74 Å². The standard InChI is InChI=1S/C16H21N9O2/c1-11(2)24-9-17-20-15(24)8-23(3)16(26)19-12-5-13(7-14(6-12)27-4)25-10-18-21-22-25/h5-7,9-11H,8H2,1-4H3,(H,19,26). The summed E-state index contributed by atoms with van der Waals surface area (Å²) in [6.07, 6.45) is 3.12. The van der Waals surface area contributed by atoms with Crippen molar-refractivity contribution < 1.29 is 9.53 Å². The van der Waals surface area contributed by atoms with Gasteiger partial charge in [-0.2, -0.15) is 0 Å². The molecule has 3 rings (SSSR count). The van der Waals surface area contributed by atoms with Crippen molar-refractivity contribution >= 4 is 11.7 Å². The molecule has 0 fully saturated rings. The molecule has 0 spiro atoms. The second-order valence-electron chi connectivity index (χ2n) is 6.21. The Morgan fingerprint density at radius 2 is 2.07 bits per heavy atom. The van der Waals surface area contributed by atoms with Crippen LogP contribution in [0.25, 0.3) is 5.69 Å². The molecule has 11 nitrogen and oxygen atoms in total. The van der Waals surface area contributed by atoms with Crippen LogP contribution in [0.5, 0.6) is 5.75 Å². The van der Waals surface area contributed by atoms with Crippen LogP contribution in [0.3, 0.4) is 0 Å². The SMILES string of the molecule is COc1cc(NC(=O)N(C)Cc2nncn2C(C)C)cc(-n2cnnn2)c1. The summed E-state index contributed by atoms with van der Waals surface area (Å²) >= 11 is 0. The van der Waals surface area contributed by atoms with Crippen LogP contribution in [0.15, 0.2) is 30.9 Å². The summed E-state index contributed by atoms with van der Waals surface area (Å²) in [6, 6.07) is 5.16. The van der Waals surface area contributed by atoms with E-state index in [1.54, 1.807) is 38.7 Å². The van der Waals surface area contributed by atoms with Crippen LogP contribution < -0.4 is 10.1 Å². The van der Waals surface area contributed by atoms with Crippen LogP contribution in [0.1, 0.15) is 25.7 Å². The fourth-order valence-corrected chi connectivity index (χ4v) is 2.50. The number of amides is 2. The quantitative estimate of drug-likeness (QED) is 0.698. The summed E-state index contributed by atoms with van der Waals surface area (Å²) in [7, 11) is 3.24. The number of hydrogen-bond acceptors (Lipinski definition) is 7. The van der Waals surface area contributed by atoms with Crippen LogP contribution in [-0.2, 0) is 6.54 Å². The van der Waals surface area contributed by atoms with Gasteiger partial charge in [-0.1, -0.05) is 0 Å². The summed E-state index contributed by atoms with van der Waals surface area (Å²) in [5, 5.41) is 21.9. The average molecular weight is 371 g/mol. The van der Waals surface area contributed by atoms with Gasteiger partial charge in [0.25, 0.3) is 0 Å². The molecule has 0 radical (unpaired) electrons. The predicted octanol–water partition coefficient (Wildman–Crippen LogP) is 1.51. The number of tetrazole rings is 1. The van der Waals surface area contributed by atoms with Gasteiger partial charge in [0.1, 0.15) is 18.4 Å². The lowest BCUT2D eigenvalue weighted by Gasteiger charge is -2.19. The maximum atomic E-state index is 12.6. The number of nitrogens with one attached hydrogen (secondary N) is 1. The number of nitrogens with zero attached hydrogens (tertiary/aromatic N) is 8. The van der Waals surface area contributed by atoms with Crippen molar-refractivity contribution in [3.05, 3.63) is 36.7 Å². The monoisotopic (exact) mass is 371 g/mol. The second-order valence-corrected chi connectivity index (χ2v) is 6.21. The van der Waals surface area contributed by atoms with Gasteiger partial charge in [0, 0.05) is 30.9 Å². The first-order valence-electron chi connectivity index (χ1n) is 8.31. The lowest BCUT2D eigenvalue weighted by atomic mass is 10.2. The van der Waals surface area contributed by atoms with E-state index in [0.717, 1.165) is 0 Å². The van der Waals surface area contributed by atoms with Gasteiger partial charge in [-0.05, 0) is 30.3 Å². The van der Waals surface area contributed by atoms with Crippen LogP contribution >= 0.6 is 0 Å². The summed E-state index contributed by atoms with van der Waals surface area (Å²) in [6.45, 7) is 4.39. The van der Waals surface area contributed by atoms with E-state index in [1.165, 1.54) is 15.9 Å². The van der Waals surface area contributed by atoms with Gasteiger partial charge in [-0.15, -0.1) is 15.3 Å². The number of anilines is 1.